The molecule has 0 atom stereocenters. The molecule has 23 heavy (non-hydrogen) atoms. The van der Waals surface area contributed by atoms with E-state index >= 15 is 0 Å². The van der Waals surface area contributed by atoms with Gasteiger partial charge in [0.1, 0.15) is 11.6 Å². The summed E-state index contributed by atoms with van der Waals surface area (Å²) >= 11 is 0. The van der Waals surface area contributed by atoms with E-state index < -0.39 is 0 Å². The number of hydrogen-bond acceptors (Lipinski definition) is 6. The highest BCUT2D eigenvalue weighted by Crippen LogP contribution is 2.29. The van der Waals surface area contributed by atoms with Crippen molar-refractivity contribution in [3.63, 3.8) is 0 Å². The second-order valence-corrected chi connectivity index (χ2v) is 5.32. The molecule has 1 heterocycles. The Morgan fingerprint density at radius 1 is 1.30 bits per heavy atom. The quantitative estimate of drug-likeness (QED) is 0.883. The van der Waals surface area contributed by atoms with E-state index in [-0.39, 0.29) is 5.91 Å². The Hall–Kier alpha value is -2.83. The van der Waals surface area contributed by atoms with Gasteiger partial charge < -0.3 is 20.3 Å². The number of nitrogens with zero attached hydrogens (tertiary/aromatic N) is 3. The van der Waals surface area contributed by atoms with Gasteiger partial charge in [0.2, 0.25) is 11.9 Å². The van der Waals surface area contributed by atoms with Crippen LogP contribution in [-0.2, 0) is 4.79 Å². The number of carbonyl (C=O) groups excluding carboxylic acids is 1. The van der Waals surface area contributed by atoms with E-state index in [1.807, 2.05) is 32.0 Å². The first-order valence-electron chi connectivity index (χ1n) is 7.14. The Balaban J connectivity index is 2.26. The number of aromatic nitrogens is 2. The van der Waals surface area contributed by atoms with Gasteiger partial charge in [0.15, 0.2) is 0 Å². The van der Waals surface area contributed by atoms with E-state index in [2.05, 4.69) is 20.6 Å². The third kappa shape index (κ3) is 4.09. The number of nitrogens with one attached hydrogen (secondary N) is 2. The highest BCUT2D eigenvalue weighted by Gasteiger charge is 2.09. The molecule has 122 valence electrons. The third-order valence-electron chi connectivity index (χ3n) is 3.14. The molecule has 7 heteroatoms. The number of anilines is 4. The van der Waals surface area contributed by atoms with E-state index in [0.29, 0.717) is 17.4 Å². The van der Waals surface area contributed by atoms with Gasteiger partial charge in [0, 0.05) is 44.5 Å². The second-order valence-electron chi connectivity index (χ2n) is 5.32. The third-order valence-corrected chi connectivity index (χ3v) is 3.14. The van der Waals surface area contributed by atoms with Crippen LogP contribution >= 0.6 is 0 Å². The van der Waals surface area contributed by atoms with Crippen molar-refractivity contribution in [2.45, 2.75) is 13.8 Å². The molecular weight excluding hydrogens is 294 g/mol. The smallest absolute Gasteiger partial charge is 0.229 e. The lowest BCUT2D eigenvalue weighted by Gasteiger charge is -2.16. The van der Waals surface area contributed by atoms with Crippen LogP contribution in [0.25, 0.3) is 0 Å². The molecule has 1 aromatic carbocycles. The Bertz CT molecular complexity index is 716. The van der Waals surface area contributed by atoms with Crippen molar-refractivity contribution in [2.75, 3.05) is 36.7 Å². The van der Waals surface area contributed by atoms with Crippen LogP contribution in [0.2, 0.25) is 0 Å². The Morgan fingerprint density at radius 3 is 2.65 bits per heavy atom. The van der Waals surface area contributed by atoms with Crippen molar-refractivity contribution in [3.8, 4) is 5.75 Å². The lowest BCUT2D eigenvalue weighted by Crippen LogP contribution is -2.13. The first-order chi connectivity index (χ1) is 10.9. The molecule has 7 nitrogen and oxygen atoms in total. The summed E-state index contributed by atoms with van der Waals surface area (Å²) in [5.74, 6) is 1.75. The minimum atomic E-state index is -0.151. The molecule has 2 N–H and O–H groups in total. The maximum Gasteiger partial charge on any atom is 0.229 e. The number of amides is 1. The van der Waals surface area contributed by atoms with Crippen LogP contribution in [0.4, 0.5) is 23.1 Å². The number of benzene rings is 1. The molecule has 0 spiro atoms. The maximum atomic E-state index is 11.2. The lowest BCUT2D eigenvalue weighted by molar-refractivity contribution is -0.114. The molecule has 2 rings (SSSR count). The topological polar surface area (TPSA) is 79.4 Å². The molecule has 1 amide bonds. The summed E-state index contributed by atoms with van der Waals surface area (Å²) in [6, 6.07) is 5.37. The Kier molecular flexibility index (Phi) is 5.00. The molecule has 0 aliphatic rings. The molecule has 0 radical (unpaired) electrons. The van der Waals surface area contributed by atoms with Gasteiger partial charge in [0.05, 0.1) is 12.8 Å². The first kappa shape index (κ1) is 16.5. The minimum Gasteiger partial charge on any atom is -0.494 e. The highest BCUT2D eigenvalue weighted by molar-refractivity contribution is 5.90. The molecule has 2 aromatic rings. The van der Waals surface area contributed by atoms with Gasteiger partial charge >= 0.3 is 0 Å². The minimum absolute atomic E-state index is 0.151. The first-order valence-corrected chi connectivity index (χ1v) is 7.14. The molecule has 0 saturated carbocycles. The zero-order valence-corrected chi connectivity index (χ0v) is 14.0. The number of hydrogen-bond donors (Lipinski definition) is 2. The molecule has 0 saturated heterocycles. The van der Waals surface area contributed by atoms with E-state index in [1.165, 1.54) is 6.92 Å². The van der Waals surface area contributed by atoms with Gasteiger partial charge in [-0.2, -0.15) is 4.98 Å². The fraction of sp³-hybridized carbons (Fsp3) is 0.312. The second kappa shape index (κ2) is 6.95. The highest BCUT2D eigenvalue weighted by atomic mass is 16.5. The van der Waals surface area contributed by atoms with Gasteiger partial charge in [0.25, 0.3) is 0 Å². The van der Waals surface area contributed by atoms with Crippen molar-refractivity contribution < 1.29 is 9.53 Å². The number of ether oxygens (including phenoxy) is 1. The zero-order valence-electron chi connectivity index (χ0n) is 14.0. The predicted octanol–water partition coefficient (Wildman–Crippen LogP) is 2.56. The van der Waals surface area contributed by atoms with Gasteiger partial charge in [-0.05, 0) is 19.1 Å². The monoisotopic (exact) mass is 315 g/mol. The molecular formula is C16H21N5O2. The average Bonchev–Trinajstić information content (AvgIpc) is 2.50. The van der Waals surface area contributed by atoms with Crippen molar-refractivity contribution >= 4 is 29.0 Å². The lowest BCUT2D eigenvalue weighted by atomic mass is 10.2. The SMILES string of the molecule is COc1cc(Nc2ncc(C)c(N(C)C)n2)ccc1NC(C)=O. The van der Waals surface area contributed by atoms with Crippen LogP contribution in [0.1, 0.15) is 12.5 Å². The van der Waals surface area contributed by atoms with Crippen LogP contribution in [0.5, 0.6) is 5.75 Å². The van der Waals surface area contributed by atoms with E-state index in [1.54, 1.807) is 25.4 Å². The number of rotatable bonds is 5. The molecule has 0 aliphatic carbocycles. The normalized spacial score (nSPS) is 10.1. The van der Waals surface area contributed by atoms with Gasteiger partial charge in [-0.1, -0.05) is 0 Å². The zero-order chi connectivity index (χ0) is 17.0. The summed E-state index contributed by atoms with van der Waals surface area (Å²) < 4.78 is 5.30. The Labute approximate surface area is 135 Å². The summed E-state index contributed by atoms with van der Waals surface area (Å²) in [4.78, 5) is 21.9. The molecule has 0 bridgehead atoms. The van der Waals surface area contributed by atoms with Crippen LogP contribution in [-0.4, -0.2) is 37.1 Å². The molecule has 0 fully saturated rings. The van der Waals surface area contributed by atoms with Crippen LogP contribution in [0, 0.1) is 6.92 Å². The van der Waals surface area contributed by atoms with Gasteiger partial charge in [-0.3, -0.25) is 4.79 Å². The predicted molar refractivity (Wildman–Crippen MR) is 91.7 cm³/mol. The Morgan fingerprint density at radius 2 is 2.04 bits per heavy atom. The summed E-state index contributed by atoms with van der Waals surface area (Å²) in [6.45, 7) is 3.42. The number of carbonyl (C=O) groups is 1. The molecule has 1 aromatic heterocycles. The van der Waals surface area contributed by atoms with Crippen LogP contribution < -0.4 is 20.3 Å². The van der Waals surface area contributed by atoms with E-state index in [9.17, 15) is 4.79 Å². The van der Waals surface area contributed by atoms with Crippen molar-refractivity contribution in [1.29, 1.82) is 0 Å². The van der Waals surface area contributed by atoms with E-state index in [4.69, 9.17) is 4.74 Å². The average molecular weight is 315 g/mol. The summed E-state index contributed by atoms with van der Waals surface area (Å²) in [5, 5.41) is 5.86. The van der Waals surface area contributed by atoms with Gasteiger partial charge in [-0.25, -0.2) is 4.98 Å². The number of aryl methyl sites for hydroxylation is 1. The van der Waals surface area contributed by atoms with E-state index in [0.717, 1.165) is 17.1 Å². The van der Waals surface area contributed by atoms with Crippen molar-refractivity contribution in [3.05, 3.63) is 30.0 Å². The van der Waals surface area contributed by atoms with Crippen molar-refractivity contribution in [1.82, 2.24) is 9.97 Å². The maximum absolute atomic E-state index is 11.2. The molecule has 0 unspecified atom stereocenters. The van der Waals surface area contributed by atoms with Crippen LogP contribution in [0.3, 0.4) is 0 Å². The number of methoxy groups -OCH3 is 1. The van der Waals surface area contributed by atoms with Crippen molar-refractivity contribution in [2.24, 2.45) is 0 Å². The van der Waals surface area contributed by atoms with Gasteiger partial charge in [-0.15, -0.1) is 0 Å². The standard InChI is InChI=1S/C16H21N5O2/c1-10-9-17-16(20-15(10)21(3)4)19-12-6-7-13(18-11(2)22)14(8-12)23-5/h6-9H,1-5H3,(H,18,22)(H,17,19,20). The summed E-state index contributed by atoms with van der Waals surface area (Å²) in [5.41, 5.74) is 2.38. The summed E-state index contributed by atoms with van der Waals surface area (Å²) in [6.07, 6.45) is 1.77. The van der Waals surface area contributed by atoms with Crippen LogP contribution in [0.15, 0.2) is 24.4 Å². The fourth-order valence-electron chi connectivity index (χ4n) is 2.14. The summed E-state index contributed by atoms with van der Waals surface area (Å²) in [7, 11) is 5.42. The largest absolute Gasteiger partial charge is 0.494 e. The molecule has 0 aliphatic heterocycles. The fourth-order valence-corrected chi connectivity index (χ4v) is 2.14.